The fourth-order valence-electron chi connectivity index (χ4n) is 9.99. The fraction of sp³-hybridized carbons (Fsp3) is 0.560. The molecule has 0 amide bonds. The molecule has 0 saturated carbocycles. The molecule has 1 saturated heterocycles. The van der Waals surface area contributed by atoms with E-state index in [0.29, 0.717) is 11.6 Å². The topological polar surface area (TPSA) is 132 Å². The number of aromatic amines is 3. The van der Waals surface area contributed by atoms with Crippen LogP contribution in [-0.4, -0.2) is 51.8 Å². The Morgan fingerprint density at radius 2 is 1.54 bits per heavy atom. The predicted octanol–water partition coefficient (Wildman–Crippen LogP) is 7.48. The van der Waals surface area contributed by atoms with Gasteiger partial charge in [0.15, 0.2) is 0 Å². The van der Waals surface area contributed by atoms with Crippen LogP contribution in [0.15, 0.2) is 17.3 Å². The number of methoxy groups -OCH3 is 1. The molecular formula is C50H70N4O5. The van der Waals surface area contributed by atoms with E-state index in [0.717, 1.165) is 87.5 Å². The molecule has 5 heterocycles. The molecule has 3 aromatic heterocycles. The molecule has 3 aliphatic rings. The summed E-state index contributed by atoms with van der Waals surface area (Å²) in [6, 6.07) is -0.372. The minimum Gasteiger partial charge on any atom is -0.510 e. The summed E-state index contributed by atoms with van der Waals surface area (Å²) in [6.07, 6.45) is 18.4. The van der Waals surface area contributed by atoms with Crippen LogP contribution in [0.4, 0.5) is 0 Å². The molecule has 1 fully saturated rings. The van der Waals surface area contributed by atoms with Gasteiger partial charge in [0.25, 0.3) is 0 Å². The van der Waals surface area contributed by atoms with Crippen LogP contribution in [0, 0.1) is 50.4 Å². The fourth-order valence-corrected chi connectivity index (χ4v) is 9.99. The average Bonchev–Trinajstić information content (AvgIpc) is 3.94. The van der Waals surface area contributed by atoms with Gasteiger partial charge in [0.1, 0.15) is 18.3 Å². The quantitative estimate of drug-likeness (QED) is 0.0754. The lowest BCUT2D eigenvalue weighted by Crippen LogP contribution is -2.38. The summed E-state index contributed by atoms with van der Waals surface area (Å²) in [6.45, 7) is 22.2. The molecule has 5 atom stereocenters. The summed E-state index contributed by atoms with van der Waals surface area (Å²) in [5.74, 6) is -0.324. The monoisotopic (exact) mass is 807 g/mol. The number of esters is 2. The zero-order chi connectivity index (χ0) is 42.7. The Morgan fingerprint density at radius 1 is 0.847 bits per heavy atom. The molecule has 0 spiro atoms. The highest BCUT2D eigenvalue weighted by Gasteiger charge is 2.47. The molecule has 0 radical (unpaired) electrons. The molecule has 9 heteroatoms. The van der Waals surface area contributed by atoms with Gasteiger partial charge in [-0.25, -0.2) is 0 Å². The van der Waals surface area contributed by atoms with Crippen molar-refractivity contribution in [3.05, 3.63) is 83.5 Å². The number of nitrogens with one attached hydrogen (secondary N) is 4. The van der Waals surface area contributed by atoms with Gasteiger partial charge in [0, 0.05) is 51.0 Å². The molecule has 0 aromatic carbocycles. The zero-order valence-corrected chi connectivity index (χ0v) is 37.6. The molecule has 6 rings (SSSR count). The Labute approximate surface area is 351 Å². The van der Waals surface area contributed by atoms with Crippen LogP contribution in [0.3, 0.4) is 0 Å². The van der Waals surface area contributed by atoms with Gasteiger partial charge in [0.2, 0.25) is 0 Å². The van der Waals surface area contributed by atoms with Crippen LogP contribution in [-0.2, 0) is 31.9 Å². The van der Waals surface area contributed by atoms with E-state index in [1.807, 2.05) is 13.0 Å². The Morgan fingerprint density at radius 3 is 2.24 bits per heavy atom. The van der Waals surface area contributed by atoms with Crippen molar-refractivity contribution in [1.29, 1.82) is 0 Å². The number of carbonyl (C=O) groups excluding carboxylic acids is 2. The van der Waals surface area contributed by atoms with E-state index in [9.17, 15) is 14.7 Å². The molecule has 1 unspecified atom stereocenters. The number of aromatic nitrogens is 3. The summed E-state index contributed by atoms with van der Waals surface area (Å²) < 4.78 is 11.1. The lowest BCUT2D eigenvalue weighted by molar-refractivity contribution is -0.143. The van der Waals surface area contributed by atoms with E-state index in [1.54, 1.807) is 0 Å². The highest BCUT2D eigenvalue weighted by molar-refractivity contribution is 5.95. The molecule has 5 N–H and O–H groups in total. The Bertz CT molecular complexity index is 2370. The van der Waals surface area contributed by atoms with Crippen LogP contribution in [0.5, 0.6) is 0 Å². The third-order valence-electron chi connectivity index (χ3n) is 13.7. The van der Waals surface area contributed by atoms with Crippen LogP contribution in [0.1, 0.15) is 145 Å². The van der Waals surface area contributed by atoms with Crippen molar-refractivity contribution in [1.82, 2.24) is 20.3 Å². The van der Waals surface area contributed by atoms with E-state index in [-0.39, 0.29) is 42.6 Å². The zero-order valence-electron chi connectivity index (χ0n) is 37.6. The molecular weight excluding hydrogens is 737 g/mol. The van der Waals surface area contributed by atoms with Crippen molar-refractivity contribution in [2.45, 2.75) is 139 Å². The number of rotatable bonds is 16. The lowest BCUT2D eigenvalue weighted by Gasteiger charge is -2.26. The van der Waals surface area contributed by atoms with Gasteiger partial charge in [-0.3, -0.25) is 9.59 Å². The molecule has 2 aliphatic heterocycles. The van der Waals surface area contributed by atoms with Gasteiger partial charge in [0.05, 0.1) is 18.5 Å². The first-order valence-electron chi connectivity index (χ1n) is 22.3. The number of fused-ring (bicyclic) bond motifs is 8. The van der Waals surface area contributed by atoms with E-state index < -0.39 is 11.9 Å². The summed E-state index contributed by atoms with van der Waals surface area (Å²) in [5.41, 5.74) is 11.7. The van der Waals surface area contributed by atoms with E-state index in [1.165, 1.54) is 60.6 Å². The minimum absolute atomic E-state index is 0.00224. The van der Waals surface area contributed by atoms with E-state index >= 15 is 0 Å². The number of allylic oxidation sites excluding steroid dienone is 2. The van der Waals surface area contributed by atoms with Gasteiger partial charge < -0.3 is 34.8 Å². The van der Waals surface area contributed by atoms with Crippen molar-refractivity contribution in [3.63, 3.8) is 0 Å². The van der Waals surface area contributed by atoms with Crippen molar-refractivity contribution in [2.75, 3.05) is 13.7 Å². The number of carbonyl (C=O) groups is 2. The summed E-state index contributed by atoms with van der Waals surface area (Å²) in [7, 11) is 1.37. The van der Waals surface area contributed by atoms with Crippen LogP contribution in [0.2, 0.25) is 0 Å². The van der Waals surface area contributed by atoms with Gasteiger partial charge in [-0.1, -0.05) is 72.8 Å². The van der Waals surface area contributed by atoms with E-state index in [2.05, 4.69) is 101 Å². The third kappa shape index (κ3) is 9.09. The van der Waals surface area contributed by atoms with Gasteiger partial charge in [-0.15, -0.1) is 0 Å². The number of aliphatic hydroxyl groups excluding tert-OH is 1. The summed E-state index contributed by atoms with van der Waals surface area (Å²) in [4.78, 5) is 38.1. The Kier molecular flexibility index (Phi) is 13.9. The summed E-state index contributed by atoms with van der Waals surface area (Å²) >= 11 is 0. The average molecular weight is 807 g/mol. The highest BCUT2D eigenvalue weighted by Crippen LogP contribution is 2.42. The maximum absolute atomic E-state index is 13.6. The standard InChI is InChI=1S/C50H70N4O5/c1-12-34-30(7)37-24-39-32(9)36(20-21-43(55)59-23-22-29(6)19-15-18-28(5)17-14-16-27(3)4)47(53-39)45-46(50(57)58-11)49(56)44-33(10)40(54-48(44)45)26-42-35(13-2)31(8)38(52-42)25-41(34)51-37/h22,24-28,32,36,46-47,51-54,56H,12-21,23H2,1-11H3/b29-22+,38-25-,39-24-,42-26-/t28-,32+,36+,46-,47?/m1/s1. The second kappa shape index (κ2) is 18.7. The van der Waals surface area contributed by atoms with Gasteiger partial charge in [-0.05, 0) is 135 Å². The molecule has 1 aliphatic carbocycles. The highest BCUT2D eigenvalue weighted by atomic mass is 16.5. The van der Waals surface area contributed by atoms with Crippen molar-refractivity contribution in [2.24, 2.45) is 29.6 Å². The lowest BCUT2D eigenvalue weighted by atomic mass is 9.80. The Balaban J connectivity index is 1.33. The van der Waals surface area contributed by atoms with Crippen LogP contribution in [0.25, 0.3) is 29.6 Å². The van der Waals surface area contributed by atoms with Gasteiger partial charge >= 0.3 is 11.9 Å². The number of aliphatic hydroxyl groups is 1. The first kappa shape index (κ1) is 43.9. The normalized spacial score (nSPS) is 22.4. The van der Waals surface area contributed by atoms with Crippen LogP contribution < -0.4 is 26.6 Å². The first-order valence-corrected chi connectivity index (χ1v) is 22.3. The number of hydrogen-bond acceptors (Lipinski definition) is 6. The SMILES string of the molecule is CCc1c2[nH]c(c1C)/C=C1\NC(C3=c4[nH]c(c(C)c4=C(O)[C@@H]3C(=O)OC)/C=c3\[nH]/c(c(C)c3CC)=C\2)[C@@H](CCC(=O)OC/C=C(\C)CCC[C@H](C)CCCC(C)C)[C@@H]1C. The summed E-state index contributed by atoms with van der Waals surface area (Å²) in [5, 5.41) is 19.2. The molecule has 9 nitrogen and oxygen atoms in total. The molecule has 59 heavy (non-hydrogen) atoms. The van der Waals surface area contributed by atoms with Crippen LogP contribution >= 0.6 is 0 Å². The first-order chi connectivity index (χ1) is 28.2. The number of hydrogen-bond donors (Lipinski definition) is 5. The Hall–Kier alpha value is -4.66. The molecule has 3 aromatic rings. The number of H-pyrrole nitrogens is 3. The minimum atomic E-state index is -0.979. The maximum atomic E-state index is 13.6. The third-order valence-corrected chi connectivity index (χ3v) is 13.7. The second-order valence-corrected chi connectivity index (χ2v) is 18.1. The number of ether oxygens (including phenoxy) is 2. The second-order valence-electron chi connectivity index (χ2n) is 18.1. The molecule has 8 bridgehead atoms. The van der Waals surface area contributed by atoms with Crippen molar-refractivity contribution in [3.8, 4) is 0 Å². The largest absolute Gasteiger partial charge is 0.510 e. The van der Waals surface area contributed by atoms with Crippen molar-refractivity contribution >= 4 is 41.5 Å². The van der Waals surface area contributed by atoms with Crippen molar-refractivity contribution < 1.29 is 24.2 Å². The molecule has 320 valence electrons. The van der Waals surface area contributed by atoms with Gasteiger partial charge in [-0.2, -0.15) is 0 Å². The smallest absolute Gasteiger partial charge is 0.320 e. The predicted molar refractivity (Wildman–Crippen MR) is 239 cm³/mol. The van der Waals surface area contributed by atoms with E-state index in [4.69, 9.17) is 9.47 Å². The maximum Gasteiger partial charge on any atom is 0.320 e.